The first kappa shape index (κ1) is 17.0. The second-order valence-corrected chi connectivity index (χ2v) is 5.58. The molecule has 0 aliphatic carbocycles. The Morgan fingerprint density at radius 2 is 1.95 bits per heavy atom. The molecule has 0 bridgehead atoms. The summed E-state index contributed by atoms with van der Waals surface area (Å²) in [5.41, 5.74) is 7.48. The third-order valence-electron chi connectivity index (χ3n) is 3.61. The Balaban J connectivity index is 2.68. The van der Waals surface area contributed by atoms with E-state index in [0.29, 0.717) is 6.04 Å². The molecule has 0 aromatic heterocycles. The number of rotatable bonds is 8. The summed E-state index contributed by atoms with van der Waals surface area (Å²) in [6.07, 6.45) is 0. The Labute approximate surface area is 123 Å². The summed E-state index contributed by atoms with van der Waals surface area (Å²) in [6.45, 7) is 7.34. The van der Waals surface area contributed by atoms with Crippen LogP contribution >= 0.6 is 0 Å². The molecular formula is C16H29N3O. The first-order valence-electron chi connectivity index (χ1n) is 7.26. The summed E-state index contributed by atoms with van der Waals surface area (Å²) < 4.78 is 5.26. The lowest BCUT2D eigenvalue weighted by Crippen LogP contribution is -2.43. The van der Waals surface area contributed by atoms with Gasteiger partial charge < -0.3 is 15.4 Å². The summed E-state index contributed by atoms with van der Waals surface area (Å²) in [5.74, 6) is 0.863. The minimum absolute atomic E-state index is 0.00895. The fraction of sp³-hybridized carbons (Fsp3) is 0.625. The molecule has 0 spiro atoms. The van der Waals surface area contributed by atoms with E-state index >= 15 is 0 Å². The second kappa shape index (κ2) is 8.25. The number of hydrogen-bond donors (Lipinski definition) is 1. The summed E-state index contributed by atoms with van der Waals surface area (Å²) in [5, 5.41) is 0. The van der Waals surface area contributed by atoms with Crippen LogP contribution in [0.2, 0.25) is 0 Å². The van der Waals surface area contributed by atoms with E-state index in [1.165, 1.54) is 0 Å². The molecule has 1 aromatic carbocycles. The van der Waals surface area contributed by atoms with Crippen LogP contribution in [0.3, 0.4) is 0 Å². The van der Waals surface area contributed by atoms with Crippen molar-refractivity contribution in [2.24, 2.45) is 5.73 Å². The third-order valence-corrected chi connectivity index (χ3v) is 3.61. The topological polar surface area (TPSA) is 41.7 Å². The Bertz CT molecular complexity index is 395. The van der Waals surface area contributed by atoms with Gasteiger partial charge in [0.25, 0.3) is 0 Å². The highest BCUT2D eigenvalue weighted by Gasteiger charge is 2.17. The van der Waals surface area contributed by atoms with Crippen LogP contribution in [0.25, 0.3) is 0 Å². The van der Waals surface area contributed by atoms with E-state index in [-0.39, 0.29) is 6.04 Å². The number of ether oxygens (including phenoxy) is 1. The third kappa shape index (κ3) is 5.12. The van der Waals surface area contributed by atoms with Crippen molar-refractivity contribution >= 4 is 0 Å². The minimum atomic E-state index is 0.00895. The predicted molar refractivity (Wildman–Crippen MR) is 85.2 cm³/mol. The molecule has 2 atom stereocenters. The first-order chi connectivity index (χ1) is 9.47. The summed E-state index contributed by atoms with van der Waals surface area (Å²) in [6, 6.07) is 8.53. The molecular weight excluding hydrogens is 250 g/mol. The Morgan fingerprint density at radius 3 is 2.50 bits per heavy atom. The zero-order chi connectivity index (χ0) is 15.1. The maximum Gasteiger partial charge on any atom is 0.119 e. The fourth-order valence-electron chi connectivity index (χ4n) is 2.49. The van der Waals surface area contributed by atoms with Crippen molar-refractivity contribution < 1.29 is 4.74 Å². The normalized spacial score (nSPS) is 14.6. The Hall–Kier alpha value is -1.10. The molecule has 4 heteroatoms. The van der Waals surface area contributed by atoms with Crippen molar-refractivity contribution in [3.63, 3.8) is 0 Å². The van der Waals surface area contributed by atoms with Gasteiger partial charge in [-0.05, 0) is 45.3 Å². The lowest BCUT2D eigenvalue weighted by molar-refractivity contribution is 0.172. The van der Waals surface area contributed by atoms with Crippen molar-refractivity contribution in [2.75, 3.05) is 40.8 Å². The van der Waals surface area contributed by atoms with E-state index in [4.69, 9.17) is 10.5 Å². The molecule has 0 amide bonds. The minimum Gasteiger partial charge on any atom is -0.497 e. The molecule has 2 unspecified atom stereocenters. The summed E-state index contributed by atoms with van der Waals surface area (Å²) in [4.78, 5) is 4.63. The number of nitrogens with zero attached hydrogens (tertiary/aromatic N) is 2. The van der Waals surface area contributed by atoms with Gasteiger partial charge in [0.2, 0.25) is 0 Å². The van der Waals surface area contributed by atoms with Gasteiger partial charge in [-0.1, -0.05) is 19.1 Å². The molecule has 4 nitrogen and oxygen atoms in total. The van der Waals surface area contributed by atoms with Crippen molar-refractivity contribution in [2.45, 2.75) is 25.9 Å². The number of hydrogen-bond acceptors (Lipinski definition) is 4. The highest BCUT2D eigenvalue weighted by atomic mass is 16.5. The summed E-state index contributed by atoms with van der Waals surface area (Å²) >= 11 is 0. The zero-order valence-corrected chi connectivity index (χ0v) is 13.5. The maximum atomic E-state index is 6.35. The van der Waals surface area contributed by atoms with Crippen LogP contribution in [0, 0.1) is 0 Å². The SMILES string of the molecule is CCN(CC(N)c1cccc(OC)c1)C(C)CN(C)C. The van der Waals surface area contributed by atoms with Crippen molar-refractivity contribution in [1.29, 1.82) is 0 Å². The standard InChI is InChI=1S/C16H29N3O/c1-6-19(13(2)11-18(3)4)12-16(17)14-8-7-9-15(10-14)20-5/h7-10,13,16H,6,11-12,17H2,1-5H3. The number of likely N-dealkylation sites (N-methyl/N-ethyl adjacent to an activating group) is 2. The lowest BCUT2D eigenvalue weighted by Gasteiger charge is -2.32. The largest absolute Gasteiger partial charge is 0.497 e. The van der Waals surface area contributed by atoms with Crippen LogP contribution in [-0.2, 0) is 0 Å². The molecule has 0 fully saturated rings. The predicted octanol–water partition coefficient (Wildman–Crippen LogP) is 1.97. The molecule has 0 saturated carbocycles. The van der Waals surface area contributed by atoms with Crippen LogP contribution in [-0.4, -0.2) is 56.7 Å². The van der Waals surface area contributed by atoms with E-state index in [9.17, 15) is 0 Å². The maximum absolute atomic E-state index is 6.35. The number of methoxy groups -OCH3 is 1. The van der Waals surface area contributed by atoms with Gasteiger partial charge in [0.05, 0.1) is 7.11 Å². The molecule has 0 aliphatic rings. The molecule has 2 N–H and O–H groups in total. The Kier molecular flexibility index (Phi) is 6.99. The van der Waals surface area contributed by atoms with Gasteiger partial charge in [-0.2, -0.15) is 0 Å². The van der Waals surface area contributed by atoms with Gasteiger partial charge in [-0.25, -0.2) is 0 Å². The first-order valence-corrected chi connectivity index (χ1v) is 7.26. The lowest BCUT2D eigenvalue weighted by atomic mass is 10.1. The highest BCUT2D eigenvalue weighted by Crippen LogP contribution is 2.19. The van der Waals surface area contributed by atoms with Gasteiger partial charge in [-0.15, -0.1) is 0 Å². The van der Waals surface area contributed by atoms with Crippen LogP contribution < -0.4 is 10.5 Å². The van der Waals surface area contributed by atoms with Crippen LogP contribution in [0.5, 0.6) is 5.75 Å². The highest BCUT2D eigenvalue weighted by molar-refractivity contribution is 5.30. The molecule has 0 heterocycles. The van der Waals surface area contributed by atoms with E-state index in [2.05, 4.69) is 43.8 Å². The molecule has 0 aliphatic heterocycles. The molecule has 20 heavy (non-hydrogen) atoms. The van der Waals surface area contributed by atoms with Gasteiger partial charge >= 0.3 is 0 Å². The quantitative estimate of drug-likeness (QED) is 0.790. The van der Waals surface area contributed by atoms with Crippen LogP contribution in [0.4, 0.5) is 0 Å². The van der Waals surface area contributed by atoms with E-state index in [1.54, 1.807) is 7.11 Å². The average molecular weight is 279 g/mol. The fourth-order valence-corrected chi connectivity index (χ4v) is 2.49. The van der Waals surface area contributed by atoms with Gasteiger partial charge in [0.15, 0.2) is 0 Å². The average Bonchev–Trinajstić information content (AvgIpc) is 2.43. The van der Waals surface area contributed by atoms with E-state index < -0.39 is 0 Å². The van der Waals surface area contributed by atoms with E-state index in [0.717, 1.165) is 30.9 Å². The van der Waals surface area contributed by atoms with Gasteiger partial charge in [0.1, 0.15) is 5.75 Å². The van der Waals surface area contributed by atoms with E-state index in [1.807, 2.05) is 18.2 Å². The molecule has 0 radical (unpaired) electrons. The second-order valence-electron chi connectivity index (χ2n) is 5.58. The van der Waals surface area contributed by atoms with Gasteiger partial charge in [0, 0.05) is 25.2 Å². The molecule has 1 aromatic rings. The monoisotopic (exact) mass is 279 g/mol. The number of benzene rings is 1. The molecule has 114 valence electrons. The number of nitrogens with two attached hydrogens (primary N) is 1. The zero-order valence-electron chi connectivity index (χ0n) is 13.5. The van der Waals surface area contributed by atoms with Crippen molar-refractivity contribution in [3.05, 3.63) is 29.8 Å². The molecule has 0 saturated heterocycles. The van der Waals surface area contributed by atoms with Crippen molar-refractivity contribution in [3.8, 4) is 5.75 Å². The smallest absolute Gasteiger partial charge is 0.119 e. The van der Waals surface area contributed by atoms with Crippen LogP contribution in [0.15, 0.2) is 24.3 Å². The molecule has 1 rings (SSSR count). The summed E-state index contributed by atoms with van der Waals surface area (Å²) in [7, 11) is 5.89. The van der Waals surface area contributed by atoms with Crippen molar-refractivity contribution in [1.82, 2.24) is 9.80 Å². The van der Waals surface area contributed by atoms with Crippen LogP contribution in [0.1, 0.15) is 25.5 Å². The Morgan fingerprint density at radius 1 is 1.25 bits per heavy atom. The van der Waals surface area contributed by atoms with Gasteiger partial charge in [-0.3, -0.25) is 4.90 Å².